The van der Waals surface area contributed by atoms with Gasteiger partial charge in [0, 0.05) is 43.1 Å². The number of piperidine rings is 1. The first-order chi connectivity index (χ1) is 15.7. The van der Waals surface area contributed by atoms with Crippen LogP contribution in [0.25, 0.3) is 5.69 Å². The average molecular weight is 458 g/mol. The van der Waals surface area contributed by atoms with E-state index in [2.05, 4.69) is 15.2 Å². The molecule has 1 aliphatic rings. The first-order valence-corrected chi connectivity index (χ1v) is 10.8. The molecule has 1 saturated heterocycles. The monoisotopic (exact) mass is 458 g/mol. The van der Waals surface area contributed by atoms with Crippen LogP contribution in [0.3, 0.4) is 0 Å². The molecule has 0 spiro atoms. The third kappa shape index (κ3) is 5.36. The minimum Gasteiger partial charge on any atom is -0.349 e. The van der Waals surface area contributed by atoms with Gasteiger partial charge in [0.15, 0.2) is 0 Å². The molecule has 2 aromatic carbocycles. The van der Waals surface area contributed by atoms with Gasteiger partial charge < -0.3 is 10.3 Å². The Morgan fingerprint density at radius 2 is 1.82 bits per heavy atom. The van der Waals surface area contributed by atoms with Gasteiger partial charge in [-0.3, -0.25) is 14.3 Å². The summed E-state index contributed by atoms with van der Waals surface area (Å²) in [6.45, 7) is 3.65. The number of carbonyl (C=O) groups is 1. The first-order valence-electron chi connectivity index (χ1n) is 10.8. The maximum atomic E-state index is 12.9. The van der Waals surface area contributed by atoms with Gasteiger partial charge in [-0.05, 0) is 55.7 Å². The molecule has 6 nitrogen and oxygen atoms in total. The number of aryl methyl sites for hydroxylation is 1. The zero-order chi connectivity index (χ0) is 23.6. The van der Waals surface area contributed by atoms with Crippen LogP contribution in [0.5, 0.6) is 0 Å². The molecule has 2 heterocycles. The summed E-state index contributed by atoms with van der Waals surface area (Å²) in [7, 11) is 0. The summed E-state index contributed by atoms with van der Waals surface area (Å²) in [6, 6.07) is 12.3. The van der Waals surface area contributed by atoms with Gasteiger partial charge in [-0.1, -0.05) is 18.2 Å². The van der Waals surface area contributed by atoms with E-state index in [4.69, 9.17) is 0 Å². The number of aromatic amines is 1. The number of likely N-dealkylation sites (tertiary alicyclic amines) is 1. The second-order valence-electron chi connectivity index (χ2n) is 8.34. The van der Waals surface area contributed by atoms with E-state index >= 15 is 0 Å². The highest BCUT2D eigenvalue weighted by Crippen LogP contribution is 2.30. The Morgan fingerprint density at radius 1 is 1.12 bits per heavy atom. The number of hydrogen-bond donors (Lipinski definition) is 2. The molecule has 0 atom stereocenters. The summed E-state index contributed by atoms with van der Waals surface area (Å²) in [4.78, 5) is 29.3. The number of carbonyl (C=O) groups excluding carboxylic acids is 1. The van der Waals surface area contributed by atoms with Crippen molar-refractivity contribution in [2.45, 2.75) is 38.5 Å². The van der Waals surface area contributed by atoms with Crippen LogP contribution in [0.1, 0.15) is 40.0 Å². The largest absolute Gasteiger partial charge is 0.416 e. The van der Waals surface area contributed by atoms with E-state index in [0.717, 1.165) is 24.6 Å². The molecule has 1 amide bonds. The minimum atomic E-state index is -4.35. The molecule has 3 aromatic rings. The predicted octanol–water partition coefficient (Wildman–Crippen LogP) is 3.89. The third-order valence-electron chi connectivity index (χ3n) is 5.93. The molecule has 1 aliphatic heterocycles. The van der Waals surface area contributed by atoms with Gasteiger partial charge in [-0.2, -0.15) is 13.2 Å². The lowest BCUT2D eigenvalue weighted by atomic mass is 10.0. The number of rotatable bonds is 5. The van der Waals surface area contributed by atoms with E-state index in [1.54, 1.807) is 36.5 Å². The number of amides is 1. The van der Waals surface area contributed by atoms with Gasteiger partial charge >= 0.3 is 11.9 Å². The van der Waals surface area contributed by atoms with E-state index in [-0.39, 0.29) is 17.6 Å². The number of hydrogen-bond acceptors (Lipinski definition) is 3. The minimum absolute atomic E-state index is 0.00414. The number of nitrogens with zero attached hydrogens (tertiary/aromatic N) is 2. The van der Waals surface area contributed by atoms with Crippen molar-refractivity contribution in [1.29, 1.82) is 0 Å². The maximum Gasteiger partial charge on any atom is 0.416 e. The van der Waals surface area contributed by atoms with Crippen molar-refractivity contribution in [3.8, 4) is 5.69 Å². The van der Waals surface area contributed by atoms with Gasteiger partial charge in [0.2, 0.25) is 0 Å². The zero-order valence-corrected chi connectivity index (χ0v) is 18.2. The van der Waals surface area contributed by atoms with Crippen LogP contribution in [0, 0.1) is 6.92 Å². The summed E-state index contributed by atoms with van der Waals surface area (Å²) in [5, 5.41) is 3.04. The van der Waals surface area contributed by atoms with Crippen molar-refractivity contribution in [3.63, 3.8) is 0 Å². The summed E-state index contributed by atoms with van der Waals surface area (Å²) >= 11 is 0. The summed E-state index contributed by atoms with van der Waals surface area (Å²) < 4.78 is 40.3. The molecule has 0 radical (unpaired) electrons. The van der Waals surface area contributed by atoms with E-state index in [9.17, 15) is 22.8 Å². The van der Waals surface area contributed by atoms with Crippen LogP contribution in [0.2, 0.25) is 0 Å². The molecule has 0 saturated carbocycles. The average Bonchev–Trinajstić information content (AvgIpc) is 3.13. The maximum absolute atomic E-state index is 12.9. The molecule has 2 N–H and O–H groups in total. The van der Waals surface area contributed by atoms with Crippen LogP contribution < -0.4 is 11.0 Å². The lowest BCUT2D eigenvalue weighted by molar-refractivity contribution is -0.137. The van der Waals surface area contributed by atoms with Crippen molar-refractivity contribution in [2.75, 3.05) is 13.1 Å². The SMILES string of the molecule is Cc1c[nH]c(=O)n1-c1ccc(C(=O)NC2CCN(Cc3cccc(C(F)(F)F)c3)CC2)cc1. The van der Waals surface area contributed by atoms with Crippen molar-refractivity contribution in [3.05, 3.63) is 87.6 Å². The third-order valence-corrected chi connectivity index (χ3v) is 5.93. The van der Waals surface area contributed by atoms with Gasteiger partial charge in [0.25, 0.3) is 5.91 Å². The van der Waals surface area contributed by atoms with Crippen LogP contribution in [-0.4, -0.2) is 39.5 Å². The van der Waals surface area contributed by atoms with Gasteiger partial charge in [-0.25, -0.2) is 4.79 Å². The highest BCUT2D eigenvalue weighted by molar-refractivity contribution is 5.94. The molecule has 0 bridgehead atoms. The molecule has 1 aromatic heterocycles. The van der Waals surface area contributed by atoms with Crippen molar-refractivity contribution >= 4 is 5.91 Å². The lowest BCUT2D eigenvalue weighted by Crippen LogP contribution is -2.44. The molecule has 0 unspecified atom stereocenters. The molecular weight excluding hydrogens is 433 g/mol. The number of nitrogens with one attached hydrogen (secondary N) is 2. The van der Waals surface area contributed by atoms with Gasteiger partial charge in [0.1, 0.15) is 0 Å². The summed E-state index contributed by atoms with van der Waals surface area (Å²) in [6.07, 6.45) is -1.27. The number of halogens is 3. The van der Waals surface area contributed by atoms with Gasteiger partial charge in [0.05, 0.1) is 11.3 Å². The fourth-order valence-corrected chi connectivity index (χ4v) is 4.15. The molecular formula is C24H25F3N4O2. The Morgan fingerprint density at radius 3 is 2.42 bits per heavy atom. The Labute approximate surface area is 189 Å². The Bertz CT molecular complexity index is 1170. The summed E-state index contributed by atoms with van der Waals surface area (Å²) in [5.41, 5.74) is 1.72. The number of aromatic nitrogens is 2. The normalized spacial score (nSPS) is 15.5. The highest BCUT2D eigenvalue weighted by atomic mass is 19.4. The van der Waals surface area contributed by atoms with Crippen LogP contribution >= 0.6 is 0 Å². The fourth-order valence-electron chi connectivity index (χ4n) is 4.15. The van der Waals surface area contributed by atoms with Crippen LogP contribution in [0.15, 0.2) is 59.5 Å². The first kappa shape index (κ1) is 22.8. The standard InChI is InChI=1S/C24H25F3N4O2/c1-16-14-28-23(33)31(16)21-7-5-18(6-8-21)22(32)29-20-9-11-30(12-10-20)15-17-3-2-4-19(13-17)24(25,26)27/h2-8,13-14,20H,9-12,15H2,1H3,(H,28,33)(H,29,32). The van der Waals surface area contributed by atoms with Crippen LogP contribution in [0.4, 0.5) is 13.2 Å². The molecule has 1 fully saturated rings. The lowest BCUT2D eigenvalue weighted by Gasteiger charge is -2.32. The Hall–Kier alpha value is -3.33. The second-order valence-corrected chi connectivity index (χ2v) is 8.34. The van der Waals surface area contributed by atoms with Gasteiger partial charge in [-0.15, -0.1) is 0 Å². The van der Waals surface area contributed by atoms with Crippen molar-refractivity contribution < 1.29 is 18.0 Å². The van der Waals surface area contributed by atoms with Crippen LogP contribution in [-0.2, 0) is 12.7 Å². The number of alkyl halides is 3. The number of benzene rings is 2. The molecule has 174 valence electrons. The fraction of sp³-hybridized carbons (Fsp3) is 0.333. The quantitative estimate of drug-likeness (QED) is 0.610. The molecule has 33 heavy (non-hydrogen) atoms. The van der Waals surface area contributed by atoms with Crippen molar-refractivity contribution in [2.24, 2.45) is 0 Å². The number of imidazole rings is 1. The molecule has 0 aliphatic carbocycles. The van der Waals surface area contributed by atoms with E-state index in [1.165, 1.54) is 16.7 Å². The molecule has 4 rings (SSSR count). The second kappa shape index (κ2) is 9.27. The summed E-state index contributed by atoms with van der Waals surface area (Å²) in [5.74, 6) is -0.184. The highest BCUT2D eigenvalue weighted by Gasteiger charge is 2.30. The number of H-pyrrole nitrogens is 1. The molecule has 9 heteroatoms. The predicted molar refractivity (Wildman–Crippen MR) is 118 cm³/mol. The zero-order valence-electron chi connectivity index (χ0n) is 18.2. The Balaban J connectivity index is 1.30. The smallest absolute Gasteiger partial charge is 0.349 e. The van der Waals surface area contributed by atoms with E-state index < -0.39 is 11.7 Å². The van der Waals surface area contributed by atoms with Crippen molar-refractivity contribution in [1.82, 2.24) is 19.8 Å². The van der Waals surface area contributed by atoms with E-state index in [1.807, 2.05) is 6.92 Å². The van der Waals surface area contributed by atoms with E-state index in [0.29, 0.717) is 36.4 Å². The topological polar surface area (TPSA) is 70.1 Å². The Kier molecular flexibility index (Phi) is 6.42.